The number of hydrogen-bond acceptors (Lipinski definition) is 3. The molecular weight excluding hydrogens is 427 g/mol. The van der Waals surface area contributed by atoms with Crippen LogP contribution in [-0.4, -0.2) is 50.2 Å². The molecule has 6 heteroatoms. The maximum Gasteiger partial charge on any atom is 0.191 e. The molecule has 2 N–H and O–H groups in total. The molecule has 1 fully saturated rings. The van der Waals surface area contributed by atoms with Crippen molar-refractivity contribution in [3.05, 3.63) is 29.8 Å². The molecule has 1 atom stereocenters. The number of halogens is 1. The zero-order valence-electron chi connectivity index (χ0n) is 15.9. The van der Waals surface area contributed by atoms with Crippen molar-refractivity contribution in [2.45, 2.75) is 45.7 Å². The Morgan fingerprint density at radius 2 is 2.00 bits per heavy atom. The fourth-order valence-electron chi connectivity index (χ4n) is 2.86. The van der Waals surface area contributed by atoms with Crippen LogP contribution in [0.3, 0.4) is 0 Å². The third-order valence-corrected chi connectivity index (χ3v) is 4.42. The Morgan fingerprint density at radius 3 is 2.56 bits per heavy atom. The molecule has 1 aromatic carbocycles. The number of ether oxygens (including phenoxy) is 1. The van der Waals surface area contributed by atoms with Gasteiger partial charge in [-0.05, 0) is 50.6 Å². The first-order chi connectivity index (χ1) is 11.7. The molecule has 1 aromatic rings. The fourth-order valence-corrected chi connectivity index (χ4v) is 2.86. The Labute approximate surface area is 169 Å². The SMILES string of the molecule is CCNC(=NCC(c1cccc(OC)c1)N(CC)CC)NC1CC1.I. The van der Waals surface area contributed by atoms with Crippen molar-refractivity contribution in [2.24, 2.45) is 4.99 Å². The molecule has 0 amide bonds. The molecule has 5 nitrogen and oxygen atoms in total. The summed E-state index contributed by atoms with van der Waals surface area (Å²) in [6, 6.07) is 9.20. The van der Waals surface area contributed by atoms with E-state index in [9.17, 15) is 0 Å². The maximum atomic E-state index is 5.40. The van der Waals surface area contributed by atoms with Crippen LogP contribution in [0.15, 0.2) is 29.3 Å². The van der Waals surface area contributed by atoms with Crippen molar-refractivity contribution in [1.82, 2.24) is 15.5 Å². The van der Waals surface area contributed by atoms with Crippen molar-refractivity contribution < 1.29 is 4.74 Å². The van der Waals surface area contributed by atoms with Gasteiger partial charge in [0.25, 0.3) is 0 Å². The number of nitrogens with zero attached hydrogens (tertiary/aromatic N) is 2. The molecule has 0 saturated heterocycles. The van der Waals surface area contributed by atoms with Gasteiger partial charge in [-0.2, -0.15) is 0 Å². The van der Waals surface area contributed by atoms with Gasteiger partial charge in [0.05, 0.1) is 19.7 Å². The molecule has 1 unspecified atom stereocenters. The summed E-state index contributed by atoms with van der Waals surface area (Å²) in [5, 5.41) is 6.85. The maximum absolute atomic E-state index is 5.40. The van der Waals surface area contributed by atoms with E-state index in [-0.39, 0.29) is 30.0 Å². The van der Waals surface area contributed by atoms with E-state index in [2.05, 4.69) is 54.5 Å². The smallest absolute Gasteiger partial charge is 0.191 e. The Hall–Kier alpha value is -1.02. The van der Waals surface area contributed by atoms with Gasteiger partial charge in [-0.1, -0.05) is 26.0 Å². The Bertz CT molecular complexity index is 530. The largest absolute Gasteiger partial charge is 0.497 e. The second kappa shape index (κ2) is 11.6. The van der Waals surface area contributed by atoms with Crippen LogP contribution in [0.1, 0.15) is 45.2 Å². The quantitative estimate of drug-likeness (QED) is 0.337. The Kier molecular flexibility index (Phi) is 10.2. The van der Waals surface area contributed by atoms with Crippen LogP contribution in [-0.2, 0) is 0 Å². The monoisotopic (exact) mass is 460 g/mol. The summed E-state index contributed by atoms with van der Waals surface area (Å²) >= 11 is 0. The molecule has 0 aromatic heterocycles. The molecule has 0 heterocycles. The molecule has 0 bridgehead atoms. The summed E-state index contributed by atoms with van der Waals surface area (Å²) in [6.45, 7) is 10.1. The van der Waals surface area contributed by atoms with E-state index in [0.717, 1.165) is 37.9 Å². The van der Waals surface area contributed by atoms with Gasteiger partial charge in [-0.3, -0.25) is 9.89 Å². The predicted molar refractivity (Wildman–Crippen MR) is 116 cm³/mol. The molecule has 142 valence electrons. The highest BCUT2D eigenvalue weighted by Gasteiger charge is 2.23. The zero-order chi connectivity index (χ0) is 17.4. The van der Waals surface area contributed by atoms with Gasteiger partial charge >= 0.3 is 0 Å². The van der Waals surface area contributed by atoms with Crippen LogP contribution in [0, 0.1) is 0 Å². The van der Waals surface area contributed by atoms with Crippen LogP contribution in [0.4, 0.5) is 0 Å². The van der Waals surface area contributed by atoms with Gasteiger partial charge in [0, 0.05) is 12.6 Å². The van der Waals surface area contributed by atoms with E-state index in [1.807, 2.05) is 6.07 Å². The normalized spacial score (nSPS) is 15.5. The number of likely N-dealkylation sites (N-methyl/N-ethyl adjacent to an activating group) is 1. The average molecular weight is 460 g/mol. The highest BCUT2D eigenvalue weighted by Crippen LogP contribution is 2.25. The molecule has 0 aliphatic heterocycles. The van der Waals surface area contributed by atoms with E-state index < -0.39 is 0 Å². The van der Waals surface area contributed by atoms with Gasteiger partial charge in [0.1, 0.15) is 5.75 Å². The minimum absolute atomic E-state index is 0. The average Bonchev–Trinajstić information content (AvgIpc) is 3.42. The van der Waals surface area contributed by atoms with Crippen LogP contribution in [0.25, 0.3) is 0 Å². The van der Waals surface area contributed by atoms with Crippen LogP contribution >= 0.6 is 24.0 Å². The molecule has 2 rings (SSSR count). The van der Waals surface area contributed by atoms with Crippen molar-refractivity contribution in [3.8, 4) is 5.75 Å². The third-order valence-electron chi connectivity index (χ3n) is 4.42. The Morgan fingerprint density at radius 1 is 1.28 bits per heavy atom. The topological polar surface area (TPSA) is 48.9 Å². The molecule has 0 spiro atoms. The molecular formula is C19H33IN4O. The lowest BCUT2D eigenvalue weighted by molar-refractivity contribution is 0.224. The number of rotatable bonds is 9. The summed E-state index contributed by atoms with van der Waals surface area (Å²) in [6.07, 6.45) is 2.50. The number of aliphatic imine (C=N–C) groups is 1. The minimum atomic E-state index is 0. The summed E-state index contributed by atoms with van der Waals surface area (Å²) < 4.78 is 5.40. The van der Waals surface area contributed by atoms with E-state index >= 15 is 0 Å². The fraction of sp³-hybridized carbons (Fsp3) is 0.632. The second-order valence-corrected chi connectivity index (χ2v) is 6.15. The van der Waals surface area contributed by atoms with Crippen LogP contribution < -0.4 is 15.4 Å². The van der Waals surface area contributed by atoms with Gasteiger partial charge in [0.15, 0.2) is 5.96 Å². The zero-order valence-corrected chi connectivity index (χ0v) is 18.2. The summed E-state index contributed by atoms with van der Waals surface area (Å²) in [5.74, 6) is 1.83. The third kappa shape index (κ3) is 7.01. The summed E-state index contributed by atoms with van der Waals surface area (Å²) in [7, 11) is 1.71. The number of benzene rings is 1. The van der Waals surface area contributed by atoms with Gasteiger partial charge in [-0.15, -0.1) is 24.0 Å². The van der Waals surface area contributed by atoms with Gasteiger partial charge < -0.3 is 15.4 Å². The standard InChI is InChI=1S/C19H32N4O.HI/c1-5-20-19(22-16-11-12-16)21-14-18(23(6-2)7-3)15-9-8-10-17(13-15)24-4;/h8-10,13,16,18H,5-7,11-12,14H2,1-4H3,(H2,20,21,22);1H. The highest BCUT2D eigenvalue weighted by atomic mass is 127. The van der Waals surface area contributed by atoms with Crippen molar-refractivity contribution in [1.29, 1.82) is 0 Å². The lowest BCUT2D eigenvalue weighted by atomic mass is 10.0. The lowest BCUT2D eigenvalue weighted by Gasteiger charge is -2.29. The van der Waals surface area contributed by atoms with Crippen molar-refractivity contribution in [3.63, 3.8) is 0 Å². The van der Waals surface area contributed by atoms with E-state index in [1.165, 1.54) is 18.4 Å². The number of hydrogen-bond donors (Lipinski definition) is 2. The van der Waals surface area contributed by atoms with Gasteiger partial charge in [0.2, 0.25) is 0 Å². The first-order valence-corrected chi connectivity index (χ1v) is 9.14. The first kappa shape index (κ1) is 22.0. The highest BCUT2D eigenvalue weighted by molar-refractivity contribution is 14.0. The van der Waals surface area contributed by atoms with Crippen LogP contribution in [0.2, 0.25) is 0 Å². The molecule has 1 aliphatic rings. The molecule has 1 aliphatic carbocycles. The summed E-state index contributed by atoms with van der Waals surface area (Å²) in [4.78, 5) is 7.30. The van der Waals surface area contributed by atoms with E-state index in [0.29, 0.717) is 6.04 Å². The van der Waals surface area contributed by atoms with Gasteiger partial charge in [-0.25, -0.2) is 0 Å². The predicted octanol–water partition coefficient (Wildman–Crippen LogP) is 3.41. The molecule has 0 radical (unpaired) electrons. The van der Waals surface area contributed by atoms with Crippen molar-refractivity contribution in [2.75, 3.05) is 33.3 Å². The van der Waals surface area contributed by atoms with Crippen molar-refractivity contribution >= 4 is 29.9 Å². The molecule has 25 heavy (non-hydrogen) atoms. The Balaban J connectivity index is 0.00000312. The number of guanidine groups is 1. The lowest BCUT2D eigenvalue weighted by Crippen LogP contribution is -2.39. The van der Waals surface area contributed by atoms with E-state index in [1.54, 1.807) is 7.11 Å². The molecule has 1 saturated carbocycles. The van der Waals surface area contributed by atoms with E-state index in [4.69, 9.17) is 9.73 Å². The van der Waals surface area contributed by atoms with Crippen LogP contribution in [0.5, 0.6) is 5.75 Å². The minimum Gasteiger partial charge on any atom is -0.497 e. The number of nitrogens with one attached hydrogen (secondary N) is 2. The first-order valence-electron chi connectivity index (χ1n) is 9.14. The summed E-state index contributed by atoms with van der Waals surface area (Å²) in [5.41, 5.74) is 1.25. The second-order valence-electron chi connectivity index (χ2n) is 6.15. The number of methoxy groups -OCH3 is 1.